The third kappa shape index (κ3) is 9.07. The van der Waals surface area contributed by atoms with E-state index in [-0.39, 0.29) is 11.6 Å². The predicted octanol–water partition coefficient (Wildman–Crippen LogP) is 1.52. The number of aromatic nitrogens is 3. The highest BCUT2D eigenvalue weighted by Crippen LogP contribution is 2.17. The van der Waals surface area contributed by atoms with Crippen LogP contribution in [0.15, 0.2) is 64.9 Å². The van der Waals surface area contributed by atoms with E-state index in [9.17, 15) is 24.0 Å². The Bertz CT molecular complexity index is 1650. The largest absolute Gasteiger partial charge is 0.481 e. The molecule has 0 saturated heterocycles. The minimum absolute atomic E-state index is 0.0335. The summed E-state index contributed by atoms with van der Waals surface area (Å²) in [5.74, 6) is -5.07. The summed E-state index contributed by atoms with van der Waals surface area (Å²) >= 11 is 1.44. The molecule has 0 aliphatic heterocycles. The number of nitrogens with one attached hydrogen (secondary N) is 1. The van der Waals surface area contributed by atoms with Crippen LogP contribution in [0.5, 0.6) is 0 Å². The number of carbonyl (C=O) groups is 4. The molecule has 14 nitrogen and oxygen atoms in total. The Morgan fingerprint density at radius 2 is 1.61 bits per heavy atom. The first-order valence-electron chi connectivity index (χ1n) is 13.3. The molecule has 15 heteroatoms. The van der Waals surface area contributed by atoms with Gasteiger partial charge < -0.3 is 25.7 Å². The van der Waals surface area contributed by atoms with Gasteiger partial charge in [-0.25, -0.2) is 9.59 Å². The van der Waals surface area contributed by atoms with Gasteiger partial charge in [0.25, 0.3) is 5.91 Å². The summed E-state index contributed by atoms with van der Waals surface area (Å²) in [5.41, 5.74) is 1.13. The molecule has 0 unspecified atom stereocenters. The second-order valence-electron chi connectivity index (χ2n) is 9.97. The topological polar surface area (TPSA) is 204 Å². The number of benzene rings is 1. The van der Waals surface area contributed by atoms with E-state index in [0.717, 1.165) is 22.3 Å². The molecule has 44 heavy (non-hydrogen) atoms. The fourth-order valence-corrected chi connectivity index (χ4v) is 5.02. The lowest BCUT2D eigenvalue weighted by Gasteiger charge is -2.22. The van der Waals surface area contributed by atoms with Crippen LogP contribution < -0.4 is 11.0 Å². The number of nitrogens with zero attached hydrogens (tertiary/aromatic N) is 4. The van der Waals surface area contributed by atoms with Gasteiger partial charge in [-0.1, -0.05) is 18.2 Å². The summed E-state index contributed by atoms with van der Waals surface area (Å²) in [5, 5.41) is 38.7. The number of pyridine rings is 1. The fraction of sp³-hybridized carbons (Fsp3) is 0.310. The second kappa shape index (κ2) is 15.0. The van der Waals surface area contributed by atoms with Gasteiger partial charge in [-0.2, -0.15) is 0 Å². The number of fused-ring (bicyclic) bond motifs is 1. The molecule has 0 atom stereocenters. The Labute approximate surface area is 255 Å². The van der Waals surface area contributed by atoms with Crippen LogP contribution in [0.3, 0.4) is 0 Å². The molecule has 1 aromatic carbocycles. The smallest absolute Gasteiger partial charge is 0.336 e. The molecule has 0 bridgehead atoms. The van der Waals surface area contributed by atoms with E-state index < -0.39 is 36.4 Å². The van der Waals surface area contributed by atoms with Gasteiger partial charge in [0.15, 0.2) is 5.60 Å². The van der Waals surface area contributed by atoms with Gasteiger partial charge in [-0.3, -0.25) is 33.4 Å². The Kier molecular flexibility index (Phi) is 11.5. The van der Waals surface area contributed by atoms with Gasteiger partial charge in [0, 0.05) is 46.5 Å². The minimum atomic E-state index is -2.74. The van der Waals surface area contributed by atoms with Gasteiger partial charge in [-0.05, 0) is 41.3 Å². The number of aliphatic hydroxyl groups is 1. The SMILES string of the molecule is Cn1c(=O)n(C)c2cc(CN(CCNC(=O)c3cccs3)Cc3ccccn3)ccc21.O=C(O)CC(O)(CC(=O)O)C(=O)O. The lowest BCUT2D eigenvalue weighted by atomic mass is 9.96. The minimum Gasteiger partial charge on any atom is -0.481 e. The average molecular weight is 628 g/mol. The zero-order chi connectivity index (χ0) is 32.4. The third-order valence-corrected chi connectivity index (χ3v) is 7.47. The number of carboxylic acid groups (broad SMARTS) is 3. The van der Waals surface area contributed by atoms with Gasteiger partial charge in [-0.15, -0.1) is 11.3 Å². The van der Waals surface area contributed by atoms with E-state index in [1.807, 2.05) is 41.8 Å². The van der Waals surface area contributed by atoms with Crippen LogP contribution in [0, 0.1) is 0 Å². The Hall–Kier alpha value is -4.86. The van der Waals surface area contributed by atoms with Gasteiger partial charge in [0.05, 0.1) is 34.4 Å². The third-order valence-electron chi connectivity index (χ3n) is 6.60. The highest BCUT2D eigenvalue weighted by atomic mass is 32.1. The molecule has 0 saturated carbocycles. The number of carbonyl (C=O) groups excluding carboxylic acids is 1. The van der Waals surface area contributed by atoms with Gasteiger partial charge in [0.1, 0.15) is 0 Å². The molecular weight excluding hydrogens is 594 g/mol. The molecule has 3 aromatic heterocycles. The molecule has 4 aromatic rings. The number of hydrogen-bond donors (Lipinski definition) is 5. The molecule has 0 aliphatic carbocycles. The van der Waals surface area contributed by atoms with Crippen molar-refractivity contribution >= 4 is 46.2 Å². The predicted molar refractivity (Wildman–Crippen MR) is 160 cm³/mol. The van der Waals surface area contributed by atoms with Crippen molar-refractivity contribution in [1.82, 2.24) is 24.3 Å². The van der Waals surface area contributed by atoms with Crippen molar-refractivity contribution in [3.8, 4) is 0 Å². The standard InChI is InChI=1S/C23H25N5O2S.C6H8O7/c1-26-19-9-8-17(14-20(19)27(2)23(26)30)15-28(16-18-6-3-4-10-24-18)12-11-25-22(29)21-7-5-13-31-21;7-3(8)1-6(13,5(11)12)2-4(9)10/h3-10,13-14H,11-12,15-16H2,1-2H3,(H,25,29);13H,1-2H2,(H,7,8)(H,9,10)(H,11,12). The number of aryl methyl sites for hydroxylation is 2. The number of rotatable bonds is 13. The highest BCUT2D eigenvalue weighted by molar-refractivity contribution is 7.12. The molecule has 0 radical (unpaired) electrons. The van der Waals surface area contributed by atoms with Crippen molar-refractivity contribution in [2.75, 3.05) is 13.1 Å². The fourth-order valence-electron chi connectivity index (χ4n) is 4.38. The lowest BCUT2D eigenvalue weighted by Crippen LogP contribution is -2.42. The Balaban J connectivity index is 0.000000345. The number of hydrogen-bond acceptors (Lipinski definition) is 9. The van der Waals surface area contributed by atoms with E-state index >= 15 is 0 Å². The monoisotopic (exact) mass is 627 g/mol. The number of imidazole rings is 1. The van der Waals surface area contributed by atoms with E-state index in [0.29, 0.717) is 31.1 Å². The summed E-state index contributed by atoms with van der Waals surface area (Å²) < 4.78 is 3.33. The summed E-state index contributed by atoms with van der Waals surface area (Å²) in [7, 11) is 3.58. The van der Waals surface area contributed by atoms with Crippen molar-refractivity contribution in [3.63, 3.8) is 0 Å². The van der Waals surface area contributed by atoms with Crippen molar-refractivity contribution in [2.45, 2.75) is 31.5 Å². The normalized spacial score (nSPS) is 11.2. The van der Waals surface area contributed by atoms with E-state index in [1.165, 1.54) is 11.3 Å². The second-order valence-corrected chi connectivity index (χ2v) is 10.9. The van der Waals surface area contributed by atoms with Crippen molar-refractivity contribution in [3.05, 3.63) is 86.7 Å². The van der Waals surface area contributed by atoms with Crippen LogP contribution >= 0.6 is 11.3 Å². The lowest BCUT2D eigenvalue weighted by molar-refractivity contribution is -0.170. The zero-order valence-electron chi connectivity index (χ0n) is 24.0. The number of aliphatic carboxylic acids is 3. The first-order valence-corrected chi connectivity index (χ1v) is 14.2. The summed E-state index contributed by atoms with van der Waals surface area (Å²) in [6, 6.07) is 15.7. The average Bonchev–Trinajstić information content (AvgIpc) is 3.57. The van der Waals surface area contributed by atoms with Crippen molar-refractivity contribution < 1.29 is 39.6 Å². The van der Waals surface area contributed by atoms with E-state index in [4.69, 9.17) is 20.4 Å². The molecule has 0 aliphatic rings. The van der Waals surface area contributed by atoms with Crippen molar-refractivity contribution in [1.29, 1.82) is 0 Å². The summed E-state index contributed by atoms with van der Waals surface area (Å²) in [4.78, 5) is 62.4. The highest BCUT2D eigenvalue weighted by Gasteiger charge is 2.40. The first-order chi connectivity index (χ1) is 20.8. The number of amides is 1. The van der Waals surface area contributed by atoms with E-state index in [1.54, 1.807) is 29.4 Å². The number of carboxylic acids is 3. The van der Waals surface area contributed by atoms with Crippen LogP contribution in [0.4, 0.5) is 0 Å². The summed E-state index contributed by atoms with van der Waals surface area (Å²) in [6.45, 7) is 2.57. The van der Waals surface area contributed by atoms with Crippen LogP contribution in [0.25, 0.3) is 11.0 Å². The molecule has 3 heterocycles. The van der Waals surface area contributed by atoms with E-state index in [2.05, 4.69) is 27.3 Å². The summed E-state index contributed by atoms with van der Waals surface area (Å²) in [6.07, 6.45) is -0.499. The van der Waals surface area contributed by atoms with Crippen LogP contribution in [-0.2, 0) is 41.6 Å². The molecule has 0 fully saturated rings. The van der Waals surface area contributed by atoms with Crippen molar-refractivity contribution in [2.24, 2.45) is 14.1 Å². The zero-order valence-corrected chi connectivity index (χ0v) is 24.9. The van der Waals surface area contributed by atoms with Gasteiger partial charge >= 0.3 is 23.6 Å². The van der Waals surface area contributed by atoms with Gasteiger partial charge in [0.2, 0.25) is 0 Å². The Morgan fingerprint density at radius 1 is 0.932 bits per heavy atom. The molecule has 234 valence electrons. The maximum atomic E-state index is 12.3. The molecule has 0 spiro atoms. The first kappa shape index (κ1) is 33.6. The number of thiophene rings is 1. The molecule has 1 amide bonds. The quantitative estimate of drug-likeness (QED) is 0.144. The maximum absolute atomic E-state index is 12.3. The molecule has 5 N–H and O–H groups in total. The maximum Gasteiger partial charge on any atom is 0.336 e. The van der Waals surface area contributed by atoms with Crippen LogP contribution in [0.2, 0.25) is 0 Å². The van der Waals surface area contributed by atoms with Crippen LogP contribution in [-0.4, -0.2) is 81.9 Å². The molecule has 4 rings (SSSR count). The molecular formula is C29H33N5O9S. The van der Waals surface area contributed by atoms with Crippen LogP contribution in [0.1, 0.15) is 33.8 Å². The Morgan fingerprint density at radius 3 is 2.18 bits per heavy atom.